The number of nitrogens with zero attached hydrogens (tertiary/aromatic N) is 4. The molecule has 192 valence electrons. The number of fused-ring (bicyclic) bond motifs is 2. The van der Waals surface area contributed by atoms with Crippen LogP contribution in [-0.4, -0.2) is 43.0 Å². The van der Waals surface area contributed by atoms with Crippen LogP contribution in [0.2, 0.25) is 0 Å². The SMILES string of the molecule is NN(C(=O)CCc1nc2cccnc2n1Cc1ccc(OC(F)(F)F)cc1)[C@@H]1c2ccccc2C[C@@H]1O. The number of benzene rings is 2. The van der Waals surface area contributed by atoms with E-state index in [2.05, 4.69) is 14.7 Å². The first kappa shape index (κ1) is 24.7. The molecule has 0 spiro atoms. The van der Waals surface area contributed by atoms with Crippen LogP contribution in [0.15, 0.2) is 66.9 Å². The average Bonchev–Trinajstić information content (AvgIpc) is 3.38. The Balaban J connectivity index is 1.33. The second-order valence-electron chi connectivity index (χ2n) is 8.87. The van der Waals surface area contributed by atoms with Crippen LogP contribution in [0.5, 0.6) is 5.75 Å². The van der Waals surface area contributed by atoms with Gasteiger partial charge >= 0.3 is 6.36 Å². The highest BCUT2D eigenvalue weighted by Gasteiger charge is 2.36. The number of hydrogen-bond acceptors (Lipinski definition) is 6. The quantitative estimate of drug-likeness (QED) is 0.223. The van der Waals surface area contributed by atoms with Crippen LogP contribution in [0.1, 0.15) is 35.0 Å². The molecule has 0 aliphatic heterocycles. The molecule has 0 bridgehead atoms. The van der Waals surface area contributed by atoms with Crippen LogP contribution in [0, 0.1) is 0 Å². The van der Waals surface area contributed by atoms with Crippen LogP contribution < -0.4 is 10.6 Å². The van der Waals surface area contributed by atoms with Gasteiger partial charge in [-0.25, -0.2) is 15.8 Å². The molecule has 37 heavy (non-hydrogen) atoms. The van der Waals surface area contributed by atoms with E-state index in [0.717, 1.165) is 16.1 Å². The van der Waals surface area contributed by atoms with E-state index in [4.69, 9.17) is 5.84 Å². The predicted molar refractivity (Wildman–Crippen MR) is 128 cm³/mol. The molecule has 1 aliphatic rings. The van der Waals surface area contributed by atoms with Gasteiger partial charge in [0.05, 0.1) is 18.7 Å². The lowest BCUT2D eigenvalue weighted by Gasteiger charge is -2.27. The van der Waals surface area contributed by atoms with Crippen LogP contribution >= 0.6 is 0 Å². The third-order valence-corrected chi connectivity index (χ3v) is 6.40. The van der Waals surface area contributed by atoms with Gasteiger partial charge < -0.3 is 14.4 Å². The number of aliphatic hydroxyl groups is 1. The van der Waals surface area contributed by atoms with Gasteiger partial charge in [0.1, 0.15) is 17.1 Å². The van der Waals surface area contributed by atoms with E-state index in [-0.39, 0.29) is 31.0 Å². The Kier molecular flexibility index (Phi) is 6.57. The maximum Gasteiger partial charge on any atom is 0.573 e. The molecule has 11 heteroatoms. The summed E-state index contributed by atoms with van der Waals surface area (Å²) in [7, 11) is 0. The number of carbonyl (C=O) groups is 1. The fourth-order valence-corrected chi connectivity index (χ4v) is 4.73. The van der Waals surface area contributed by atoms with Crippen molar-refractivity contribution in [1.29, 1.82) is 0 Å². The number of pyridine rings is 1. The molecule has 4 aromatic rings. The zero-order chi connectivity index (χ0) is 26.2. The minimum Gasteiger partial charge on any atom is -0.406 e. The highest BCUT2D eigenvalue weighted by molar-refractivity contribution is 5.77. The number of ether oxygens (including phenoxy) is 1. The number of aromatic nitrogens is 3. The van der Waals surface area contributed by atoms with E-state index in [0.29, 0.717) is 29.0 Å². The molecule has 0 unspecified atom stereocenters. The second kappa shape index (κ2) is 9.83. The van der Waals surface area contributed by atoms with Gasteiger partial charge in [-0.1, -0.05) is 36.4 Å². The van der Waals surface area contributed by atoms with E-state index in [1.807, 2.05) is 28.8 Å². The monoisotopic (exact) mass is 511 g/mol. The van der Waals surface area contributed by atoms with Crippen LogP contribution in [0.3, 0.4) is 0 Å². The maximum atomic E-state index is 13.0. The Morgan fingerprint density at radius 3 is 2.65 bits per heavy atom. The van der Waals surface area contributed by atoms with E-state index >= 15 is 0 Å². The van der Waals surface area contributed by atoms with Gasteiger partial charge in [-0.2, -0.15) is 0 Å². The van der Waals surface area contributed by atoms with Crippen molar-refractivity contribution in [3.8, 4) is 5.75 Å². The molecule has 8 nitrogen and oxygen atoms in total. The van der Waals surface area contributed by atoms with Gasteiger partial charge in [0.2, 0.25) is 5.91 Å². The molecule has 2 atom stereocenters. The Morgan fingerprint density at radius 2 is 1.89 bits per heavy atom. The highest BCUT2D eigenvalue weighted by atomic mass is 19.4. The van der Waals surface area contributed by atoms with Crippen molar-refractivity contribution in [2.24, 2.45) is 5.84 Å². The van der Waals surface area contributed by atoms with Gasteiger partial charge in [0.25, 0.3) is 0 Å². The van der Waals surface area contributed by atoms with Crippen molar-refractivity contribution >= 4 is 17.1 Å². The number of nitrogens with two attached hydrogens (primary N) is 1. The summed E-state index contributed by atoms with van der Waals surface area (Å²) in [4.78, 5) is 22.0. The van der Waals surface area contributed by atoms with Crippen molar-refractivity contribution < 1.29 is 27.8 Å². The van der Waals surface area contributed by atoms with Crippen molar-refractivity contribution in [1.82, 2.24) is 19.5 Å². The number of imidazole rings is 1. The third-order valence-electron chi connectivity index (χ3n) is 6.40. The van der Waals surface area contributed by atoms with Gasteiger partial charge in [0, 0.05) is 25.5 Å². The molecule has 2 aromatic carbocycles. The zero-order valence-electron chi connectivity index (χ0n) is 19.6. The summed E-state index contributed by atoms with van der Waals surface area (Å²) in [5.41, 5.74) is 3.72. The molecule has 1 amide bonds. The first-order chi connectivity index (χ1) is 17.7. The molecule has 2 heterocycles. The first-order valence-electron chi connectivity index (χ1n) is 11.7. The summed E-state index contributed by atoms with van der Waals surface area (Å²) in [5.74, 6) is 6.10. The molecular weight excluding hydrogens is 487 g/mol. The number of carbonyl (C=O) groups excluding carboxylic acids is 1. The summed E-state index contributed by atoms with van der Waals surface area (Å²) >= 11 is 0. The van der Waals surface area contributed by atoms with E-state index in [9.17, 15) is 23.1 Å². The van der Waals surface area contributed by atoms with Crippen molar-refractivity contribution in [2.45, 2.75) is 44.3 Å². The van der Waals surface area contributed by atoms with Gasteiger partial charge in [-0.15, -0.1) is 13.2 Å². The number of hydrazine groups is 1. The lowest BCUT2D eigenvalue weighted by atomic mass is 10.1. The predicted octanol–water partition coefficient (Wildman–Crippen LogP) is 3.67. The molecular formula is C26H24F3N5O3. The van der Waals surface area contributed by atoms with Gasteiger partial charge in [-0.05, 0) is 41.0 Å². The Labute approximate surface area is 210 Å². The topological polar surface area (TPSA) is 106 Å². The molecule has 5 rings (SSSR count). The molecule has 2 aromatic heterocycles. The van der Waals surface area contributed by atoms with E-state index < -0.39 is 18.5 Å². The summed E-state index contributed by atoms with van der Waals surface area (Å²) < 4.78 is 43.2. The molecule has 0 fully saturated rings. The summed E-state index contributed by atoms with van der Waals surface area (Å²) in [6.07, 6.45) is -3.21. The Morgan fingerprint density at radius 1 is 1.14 bits per heavy atom. The fourth-order valence-electron chi connectivity index (χ4n) is 4.73. The van der Waals surface area contributed by atoms with Crippen LogP contribution in [0.4, 0.5) is 13.2 Å². The van der Waals surface area contributed by atoms with E-state index in [1.54, 1.807) is 18.3 Å². The first-order valence-corrected chi connectivity index (χ1v) is 11.7. The summed E-state index contributed by atoms with van der Waals surface area (Å²) in [6.45, 7) is 0.282. The normalized spacial score (nSPS) is 17.1. The molecule has 1 aliphatic carbocycles. The van der Waals surface area contributed by atoms with E-state index in [1.165, 1.54) is 24.3 Å². The summed E-state index contributed by atoms with van der Waals surface area (Å²) in [5, 5.41) is 11.6. The number of aryl methyl sites for hydroxylation is 1. The fraction of sp³-hybridized carbons (Fsp3) is 0.269. The zero-order valence-corrected chi connectivity index (χ0v) is 19.6. The average molecular weight is 512 g/mol. The molecule has 0 radical (unpaired) electrons. The minimum absolute atomic E-state index is 0.0452. The molecule has 0 saturated heterocycles. The lowest BCUT2D eigenvalue weighted by Crippen LogP contribution is -2.44. The standard InChI is InChI=1S/C26H24F3N5O3/c27-26(28,29)37-18-9-7-16(8-10-18)15-33-22(32-20-6-3-13-31-25(20)33)11-12-23(36)34(30)24-19-5-2-1-4-17(19)14-21(24)35/h1-10,13,21,24,35H,11-12,14-15,30H2/t21-,24+/m0/s1. The number of halogens is 3. The van der Waals surface area contributed by atoms with Gasteiger partial charge in [0.15, 0.2) is 5.65 Å². The molecule has 3 N–H and O–H groups in total. The number of alkyl halides is 3. The van der Waals surface area contributed by atoms with Crippen LogP contribution in [-0.2, 0) is 24.2 Å². The molecule has 0 saturated carbocycles. The van der Waals surface area contributed by atoms with Crippen LogP contribution in [0.25, 0.3) is 11.2 Å². The number of rotatable bonds is 7. The largest absolute Gasteiger partial charge is 0.573 e. The number of hydrogen-bond donors (Lipinski definition) is 2. The Hall–Kier alpha value is -3.96. The van der Waals surface area contributed by atoms with Crippen molar-refractivity contribution in [2.75, 3.05) is 0 Å². The third kappa shape index (κ3) is 5.27. The Bertz CT molecular complexity index is 1420. The van der Waals surface area contributed by atoms with Gasteiger partial charge in [-0.3, -0.25) is 9.80 Å². The lowest BCUT2D eigenvalue weighted by molar-refractivity contribution is -0.274. The second-order valence-corrected chi connectivity index (χ2v) is 8.87. The summed E-state index contributed by atoms with van der Waals surface area (Å²) in [6, 6.07) is 16.0. The van der Waals surface area contributed by atoms with Crippen molar-refractivity contribution in [3.63, 3.8) is 0 Å². The smallest absolute Gasteiger partial charge is 0.406 e. The highest BCUT2D eigenvalue weighted by Crippen LogP contribution is 2.35. The van der Waals surface area contributed by atoms with Crippen molar-refractivity contribution in [3.05, 3.63) is 89.4 Å². The minimum atomic E-state index is -4.76. The number of aliphatic hydroxyl groups excluding tert-OH is 1. The number of amides is 1. The maximum absolute atomic E-state index is 13.0.